The van der Waals surface area contributed by atoms with Crippen LogP contribution in [-0.4, -0.2) is 39.5 Å². The number of hydrogen-bond acceptors (Lipinski definition) is 7. The molecule has 32 heavy (non-hydrogen) atoms. The average Bonchev–Trinajstić information content (AvgIpc) is 2.86. The van der Waals surface area contributed by atoms with Crippen LogP contribution < -0.4 is 24.3 Å². The highest BCUT2D eigenvalue weighted by Gasteiger charge is 2.42. The van der Waals surface area contributed by atoms with Crippen LogP contribution in [0, 0.1) is 0 Å². The summed E-state index contributed by atoms with van der Waals surface area (Å²) in [6.45, 7) is 0. The molecule has 0 aliphatic rings. The number of benzene rings is 3. The van der Waals surface area contributed by atoms with Gasteiger partial charge in [0.1, 0.15) is 40.2 Å². The Morgan fingerprint density at radius 1 is 0.594 bits per heavy atom. The predicted octanol–water partition coefficient (Wildman–Crippen LogP) is 4.51. The molecule has 0 N–H and O–H groups in total. The van der Waals surface area contributed by atoms with Gasteiger partial charge in [0.15, 0.2) is 0 Å². The van der Waals surface area contributed by atoms with Crippen molar-refractivity contribution in [2.45, 2.75) is 0 Å². The highest BCUT2D eigenvalue weighted by atomic mass is 32.4. The van der Waals surface area contributed by atoms with Crippen LogP contribution in [0.2, 0.25) is 0 Å². The van der Waals surface area contributed by atoms with Crippen LogP contribution in [0.25, 0.3) is 0 Å². The van der Waals surface area contributed by atoms with Crippen LogP contribution >= 0.6 is 6.04 Å². The van der Waals surface area contributed by atoms with Crippen LogP contribution in [0.4, 0.5) is 0 Å². The first-order valence-corrected chi connectivity index (χ1v) is 12.4. The standard InChI is InChI=1S/C24H23O6PS/c1-27-17-12-8-13-18(28-2)21(17)23(25)31(32,16-10-6-5-7-11-16)24(26)22-19(29-3)14-9-15-20(22)30-4/h5-15H,1-4H3. The molecule has 0 fully saturated rings. The summed E-state index contributed by atoms with van der Waals surface area (Å²) in [5, 5.41) is 0.450. The predicted molar refractivity (Wildman–Crippen MR) is 128 cm³/mol. The maximum atomic E-state index is 14.1. The van der Waals surface area contributed by atoms with E-state index in [0.29, 0.717) is 5.30 Å². The molecule has 0 saturated heterocycles. The summed E-state index contributed by atoms with van der Waals surface area (Å²) < 4.78 is 21.7. The molecule has 166 valence electrons. The fourth-order valence-corrected chi connectivity index (χ4v) is 6.63. The first kappa shape index (κ1) is 23.5. The lowest BCUT2D eigenvalue weighted by atomic mass is 10.2. The number of hydrogen-bond donors (Lipinski definition) is 0. The van der Waals surface area contributed by atoms with Gasteiger partial charge in [0.2, 0.25) is 11.0 Å². The second kappa shape index (κ2) is 9.98. The van der Waals surface area contributed by atoms with Crippen molar-refractivity contribution in [3.05, 3.63) is 77.9 Å². The SMILES string of the molecule is COc1cccc(OC)c1C(=O)P(=S)(C(=O)c1c(OC)cccc1OC)c1ccccc1. The van der Waals surface area contributed by atoms with E-state index in [9.17, 15) is 9.59 Å². The highest BCUT2D eigenvalue weighted by Crippen LogP contribution is 2.56. The summed E-state index contributed by atoms with van der Waals surface area (Å²) in [5.74, 6) is 1.11. The first-order chi connectivity index (χ1) is 15.4. The molecular formula is C24H23O6PS. The molecule has 0 amide bonds. The molecule has 8 heteroatoms. The van der Waals surface area contributed by atoms with Gasteiger partial charge in [-0.15, -0.1) is 0 Å². The third-order valence-electron chi connectivity index (χ3n) is 4.98. The van der Waals surface area contributed by atoms with Crippen LogP contribution in [0.15, 0.2) is 66.7 Å². The molecule has 0 radical (unpaired) electrons. The van der Waals surface area contributed by atoms with Gasteiger partial charge in [0, 0.05) is 0 Å². The first-order valence-electron chi connectivity index (χ1n) is 9.61. The summed E-state index contributed by atoms with van der Waals surface area (Å²) in [6.07, 6.45) is 0. The van der Waals surface area contributed by atoms with Gasteiger partial charge >= 0.3 is 0 Å². The second-order valence-electron chi connectivity index (χ2n) is 6.63. The number of ether oxygens (including phenoxy) is 4. The van der Waals surface area contributed by atoms with E-state index in [-0.39, 0.29) is 34.1 Å². The maximum absolute atomic E-state index is 14.1. The van der Waals surface area contributed by atoms with Gasteiger partial charge < -0.3 is 18.9 Å². The monoisotopic (exact) mass is 470 g/mol. The minimum absolute atomic E-state index is 0.131. The molecule has 3 aromatic carbocycles. The molecule has 0 unspecified atom stereocenters. The lowest BCUT2D eigenvalue weighted by molar-refractivity contribution is 0.104. The van der Waals surface area contributed by atoms with Crippen molar-refractivity contribution in [2.75, 3.05) is 28.4 Å². The Morgan fingerprint density at radius 3 is 1.25 bits per heavy atom. The molecule has 0 bridgehead atoms. The van der Waals surface area contributed by atoms with Crippen LogP contribution in [0.3, 0.4) is 0 Å². The Bertz CT molecular complexity index is 1080. The zero-order valence-electron chi connectivity index (χ0n) is 18.2. The second-order valence-corrected chi connectivity index (χ2v) is 10.8. The van der Waals surface area contributed by atoms with Gasteiger partial charge in [0.05, 0.1) is 28.4 Å². The van der Waals surface area contributed by atoms with Gasteiger partial charge in [0.25, 0.3) is 0 Å². The molecule has 0 aromatic heterocycles. The smallest absolute Gasteiger partial charge is 0.213 e. The summed E-state index contributed by atoms with van der Waals surface area (Å²) in [6, 6.07) is 15.0. The van der Waals surface area contributed by atoms with E-state index < -0.39 is 17.1 Å². The number of methoxy groups -OCH3 is 4. The fraction of sp³-hybridized carbons (Fsp3) is 0.167. The van der Waals surface area contributed by atoms with Crippen molar-refractivity contribution < 1.29 is 28.5 Å². The van der Waals surface area contributed by atoms with Gasteiger partial charge in [-0.05, 0) is 29.6 Å². The summed E-state index contributed by atoms with van der Waals surface area (Å²) in [4.78, 5) is 28.2. The van der Waals surface area contributed by atoms with E-state index >= 15 is 0 Å². The normalized spacial score (nSPS) is 10.9. The van der Waals surface area contributed by atoms with Crippen LogP contribution in [-0.2, 0) is 11.8 Å². The van der Waals surface area contributed by atoms with E-state index in [2.05, 4.69) is 0 Å². The van der Waals surface area contributed by atoms with E-state index in [1.54, 1.807) is 66.7 Å². The Balaban J connectivity index is 2.34. The Kier molecular flexibility index (Phi) is 7.33. The number of carbonyl (C=O) groups excluding carboxylic acids is 2. The fourth-order valence-electron chi connectivity index (χ4n) is 3.40. The Hall–Kier alpha value is -3.15. The molecule has 0 saturated carbocycles. The molecule has 0 spiro atoms. The minimum atomic E-state index is -3.62. The lowest BCUT2D eigenvalue weighted by Crippen LogP contribution is -2.22. The van der Waals surface area contributed by atoms with Crippen molar-refractivity contribution in [3.8, 4) is 23.0 Å². The molecule has 3 aromatic rings. The summed E-state index contributed by atoms with van der Waals surface area (Å²) >= 11 is 6.00. The van der Waals surface area contributed by atoms with Crippen LogP contribution in [0.5, 0.6) is 23.0 Å². The summed E-state index contributed by atoms with van der Waals surface area (Å²) in [7, 11) is 5.79. The minimum Gasteiger partial charge on any atom is -0.496 e. The van der Waals surface area contributed by atoms with Crippen molar-refractivity contribution in [1.82, 2.24) is 0 Å². The molecule has 0 heterocycles. The van der Waals surface area contributed by atoms with Crippen molar-refractivity contribution in [2.24, 2.45) is 0 Å². The topological polar surface area (TPSA) is 71.1 Å². The largest absolute Gasteiger partial charge is 0.496 e. The molecule has 0 atom stereocenters. The van der Waals surface area contributed by atoms with Crippen LogP contribution in [0.1, 0.15) is 20.7 Å². The van der Waals surface area contributed by atoms with Crippen molar-refractivity contribution >= 4 is 34.2 Å². The third kappa shape index (κ3) is 4.01. The zero-order chi connectivity index (χ0) is 23.3. The molecule has 0 aliphatic heterocycles. The number of carbonyl (C=O) groups is 2. The van der Waals surface area contributed by atoms with Gasteiger partial charge in [-0.25, -0.2) is 0 Å². The summed E-state index contributed by atoms with van der Waals surface area (Å²) in [5.41, 5.74) is -0.810. The maximum Gasteiger partial charge on any atom is 0.213 e. The lowest BCUT2D eigenvalue weighted by Gasteiger charge is -2.24. The molecule has 3 rings (SSSR count). The number of rotatable bonds is 9. The quantitative estimate of drug-likeness (QED) is 0.426. The van der Waals surface area contributed by atoms with Gasteiger partial charge in [-0.1, -0.05) is 54.3 Å². The van der Waals surface area contributed by atoms with E-state index in [4.69, 9.17) is 30.8 Å². The van der Waals surface area contributed by atoms with Crippen molar-refractivity contribution in [3.63, 3.8) is 0 Å². The van der Waals surface area contributed by atoms with E-state index in [0.717, 1.165) is 0 Å². The molecule has 0 aliphatic carbocycles. The Labute approximate surface area is 192 Å². The van der Waals surface area contributed by atoms with E-state index in [1.807, 2.05) is 0 Å². The molecule has 6 nitrogen and oxygen atoms in total. The zero-order valence-corrected chi connectivity index (χ0v) is 19.9. The highest BCUT2D eigenvalue weighted by molar-refractivity contribution is 8.34. The third-order valence-corrected chi connectivity index (χ3v) is 9.22. The van der Waals surface area contributed by atoms with Crippen molar-refractivity contribution in [1.29, 1.82) is 0 Å². The molecular weight excluding hydrogens is 447 g/mol. The van der Waals surface area contributed by atoms with Gasteiger partial charge in [-0.3, -0.25) is 9.59 Å². The van der Waals surface area contributed by atoms with Gasteiger partial charge in [-0.2, -0.15) is 0 Å². The average molecular weight is 470 g/mol. The Morgan fingerprint density at radius 2 is 0.938 bits per heavy atom. The van der Waals surface area contributed by atoms with E-state index in [1.165, 1.54) is 28.4 Å².